The molecule has 2 aromatic carbocycles. The van der Waals surface area contributed by atoms with E-state index in [4.69, 9.17) is 0 Å². The molecule has 2 fully saturated rings. The van der Waals surface area contributed by atoms with Gasteiger partial charge in [0.1, 0.15) is 17.5 Å². The van der Waals surface area contributed by atoms with Crippen molar-refractivity contribution in [3.8, 4) is 11.4 Å². The molecular weight excluding hydrogens is 344 g/mol. The van der Waals surface area contributed by atoms with Gasteiger partial charge in [0.2, 0.25) is 0 Å². The summed E-state index contributed by atoms with van der Waals surface area (Å²) in [5, 5.41) is 0. The number of H-pyrrole nitrogens is 1. The molecule has 1 unspecified atom stereocenters. The number of likely N-dealkylation sites (tertiary alicyclic amines) is 1. The van der Waals surface area contributed by atoms with E-state index < -0.39 is 0 Å². The van der Waals surface area contributed by atoms with Crippen LogP contribution in [0.2, 0.25) is 0 Å². The van der Waals surface area contributed by atoms with Gasteiger partial charge in [-0.25, -0.2) is 13.8 Å². The number of aromatic amines is 1. The summed E-state index contributed by atoms with van der Waals surface area (Å²) in [6.07, 6.45) is 6.20. The molecule has 2 aliphatic rings. The highest BCUT2D eigenvalue weighted by molar-refractivity contribution is 5.79. The summed E-state index contributed by atoms with van der Waals surface area (Å²) in [5.74, 6) is 0.675. The topological polar surface area (TPSA) is 31.9 Å². The molecule has 27 heavy (non-hydrogen) atoms. The van der Waals surface area contributed by atoms with E-state index in [9.17, 15) is 8.78 Å². The molecule has 1 saturated heterocycles. The van der Waals surface area contributed by atoms with Crippen molar-refractivity contribution in [3.05, 3.63) is 53.6 Å². The van der Waals surface area contributed by atoms with Crippen LogP contribution in [0.5, 0.6) is 0 Å². The van der Waals surface area contributed by atoms with Gasteiger partial charge in [-0.15, -0.1) is 0 Å². The van der Waals surface area contributed by atoms with Crippen LogP contribution < -0.4 is 0 Å². The van der Waals surface area contributed by atoms with Gasteiger partial charge in [0.25, 0.3) is 0 Å². The number of halogens is 2. The van der Waals surface area contributed by atoms with Gasteiger partial charge in [-0.1, -0.05) is 12.5 Å². The van der Waals surface area contributed by atoms with Crippen molar-refractivity contribution >= 4 is 11.0 Å². The lowest BCUT2D eigenvalue weighted by molar-refractivity contribution is 0.142. The SMILES string of the molecule is Fc1ccc2nc(-c3ccc(C4CCCCN4CC4CC4)cc3F)[nH]c2c1. The second-order valence-electron chi connectivity index (χ2n) is 7.94. The third-order valence-corrected chi connectivity index (χ3v) is 5.88. The highest BCUT2D eigenvalue weighted by Gasteiger charge is 2.30. The minimum absolute atomic E-state index is 0.274. The van der Waals surface area contributed by atoms with Crippen molar-refractivity contribution in [2.24, 2.45) is 5.92 Å². The predicted octanol–water partition coefficient (Wildman–Crippen LogP) is 5.45. The van der Waals surface area contributed by atoms with Crippen LogP contribution in [0.25, 0.3) is 22.4 Å². The minimum atomic E-state index is -0.332. The molecule has 0 radical (unpaired) electrons. The van der Waals surface area contributed by atoms with Crippen molar-refractivity contribution in [1.29, 1.82) is 0 Å². The van der Waals surface area contributed by atoms with E-state index >= 15 is 0 Å². The van der Waals surface area contributed by atoms with Gasteiger partial charge in [0.15, 0.2) is 0 Å². The Balaban J connectivity index is 1.45. The van der Waals surface area contributed by atoms with Crippen molar-refractivity contribution in [3.63, 3.8) is 0 Å². The van der Waals surface area contributed by atoms with Crippen molar-refractivity contribution in [2.45, 2.75) is 38.1 Å². The van der Waals surface area contributed by atoms with E-state index in [1.54, 1.807) is 12.1 Å². The lowest BCUT2D eigenvalue weighted by Gasteiger charge is -2.36. The minimum Gasteiger partial charge on any atom is -0.338 e. The third kappa shape index (κ3) is 3.36. The molecule has 1 saturated carbocycles. The summed E-state index contributed by atoms with van der Waals surface area (Å²) in [5.41, 5.74) is 2.70. The lowest BCUT2D eigenvalue weighted by atomic mass is 9.94. The zero-order chi connectivity index (χ0) is 18.4. The Morgan fingerprint density at radius 1 is 1.04 bits per heavy atom. The molecule has 0 amide bonds. The van der Waals surface area contributed by atoms with Gasteiger partial charge < -0.3 is 4.98 Å². The average Bonchev–Trinajstić information content (AvgIpc) is 3.38. The smallest absolute Gasteiger partial charge is 0.141 e. The van der Waals surface area contributed by atoms with E-state index in [-0.39, 0.29) is 11.6 Å². The molecular formula is C22H23F2N3. The number of rotatable bonds is 4. The first kappa shape index (κ1) is 16.9. The first-order chi connectivity index (χ1) is 13.2. The highest BCUT2D eigenvalue weighted by atomic mass is 19.1. The van der Waals surface area contributed by atoms with Gasteiger partial charge in [0, 0.05) is 12.6 Å². The van der Waals surface area contributed by atoms with Crippen LogP contribution in [0.3, 0.4) is 0 Å². The van der Waals surface area contributed by atoms with Crippen LogP contribution in [0.4, 0.5) is 8.78 Å². The first-order valence-electron chi connectivity index (χ1n) is 9.86. The molecule has 1 aliphatic heterocycles. The zero-order valence-electron chi connectivity index (χ0n) is 15.2. The van der Waals surface area contributed by atoms with E-state index in [0.29, 0.717) is 28.5 Å². The monoisotopic (exact) mass is 367 g/mol. The van der Waals surface area contributed by atoms with Crippen LogP contribution in [0, 0.1) is 17.6 Å². The number of piperidine rings is 1. The fourth-order valence-electron chi connectivity index (χ4n) is 4.26. The normalized spacial score (nSPS) is 21.0. The Morgan fingerprint density at radius 3 is 2.74 bits per heavy atom. The second kappa shape index (κ2) is 6.71. The largest absolute Gasteiger partial charge is 0.338 e. The number of hydrogen-bond donors (Lipinski definition) is 1. The molecule has 1 aliphatic carbocycles. The Kier molecular flexibility index (Phi) is 4.20. The lowest BCUT2D eigenvalue weighted by Crippen LogP contribution is -2.35. The summed E-state index contributed by atoms with van der Waals surface area (Å²) >= 11 is 0. The molecule has 1 N–H and O–H groups in total. The van der Waals surface area contributed by atoms with Crippen LogP contribution >= 0.6 is 0 Å². The zero-order valence-corrected chi connectivity index (χ0v) is 15.2. The van der Waals surface area contributed by atoms with Crippen LogP contribution in [0.1, 0.15) is 43.7 Å². The number of benzene rings is 2. The molecule has 5 heteroatoms. The Labute approximate surface area is 157 Å². The molecule has 1 aromatic heterocycles. The standard InChI is InChI=1S/C22H23F2N3/c23-16-7-9-19-20(12-16)26-22(25-19)17-8-6-15(11-18(17)24)21-3-1-2-10-27(21)13-14-4-5-14/h6-9,11-12,14,21H,1-5,10,13H2,(H,25,26). The average molecular weight is 367 g/mol. The first-order valence-corrected chi connectivity index (χ1v) is 9.86. The number of nitrogens with one attached hydrogen (secondary N) is 1. The Morgan fingerprint density at radius 2 is 1.93 bits per heavy atom. The fourth-order valence-corrected chi connectivity index (χ4v) is 4.26. The number of imidazole rings is 1. The molecule has 3 aromatic rings. The summed E-state index contributed by atoms with van der Waals surface area (Å²) in [6, 6.07) is 10.2. The predicted molar refractivity (Wildman–Crippen MR) is 102 cm³/mol. The molecule has 3 nitrogen and oxygen atoms in total. The van der Waals surface area contributed by atoms with Gasteiger partial charge in [-0.3, -0.25) is 4.90 Å². The van der Waals surface area contributed by atoms with Crippen LogP contribution in [-0.4, -0.2) is 28.0 Å². The van der Waals surface area contributed by atoms with Crippen molar-refractivity contribution in [1.82, 2.24) is 14.9 Å². The van der Waals surface area contributed by atoms with Gasteiger partial charge in [-0.05, 0) is 74.0 Å². The summed E-state index contributed by atoms with van der Waals surface area (Å²) in [6.45, 7) is 2.25. The quantitative estimate of drug-likeness (QED) is 0.665. The van der Waals surface area contributed by atoms with E-state index in [2.05, 4.69) is 14.9 Å². The molecule has 5 rings (SSSR count). The maximum Gasteiger partial charge on any atom is 0.141 e. The van der Waals surface area contributed by atoms with E-state index in [1.807, 2.05) is 12.1 Å². The van der Waals surface area contributed by atoms with Crippen molar-refractivity contribution in [2.75, 3.05) is 13.1 Å². The maximum atomic E-state index is 14.9. The summed E-state index contributed by atoms with van der Waals surface area (Å²) < 4.78 is 28.3. The number of fused-ring (bicyclic) bond motifs is 1. The van der Waals surface area contributed by atoms with E-state index in [0.717, 1.165) is 31.0 Å². The number of aromatic nitrogens is 2. The number of hydrogen-bond acceptors (Lipinski definition) is 2. The number of nitrogens with zero attached hydrogens (tertiary/aromatic N) is 2. The summed E-state index contributed by atoms with van der Waals surface area (Å²) in [7, 11) is 0. The maximum absolute atomic E-state index is 14.9. The van der Waals surface area contributed by atoms with Gasteiger partial charge >= 0.3 is 0 Å². The Hall–Kier alpha value is -2.27. The van der Waals surface area contributed by atoms with Crippen molar-refractivity contribution < 1.29 is 8.78 Å². The fraction of sp³-hybridized carbons (Fsp3) is 0.409. The molecule has 1 atom stereocenters. The molecule has 0 bridgehead atoms. The van der Waals surface area contributed by atoms with Crippen LogP contribution in [-0.2, 0) is 0 Å². The highest BCUT2D eigenvalue weighted by Crippen LogP contribution is 2.37. The van der Waals surface area contributed by atoms with Gasteiger partial charge in [0.05, 0.1) is 16.6 Å². The van der Waals surface area contributed by atoms with E-state index in [1.165, 1.54) is 37.8 Å². The Bertz CT molecular complexity index is 977. The molecule has 140 valence electrons. The molecule has 2 heterocycles. The summed E-state index contributed by atoms with van der Waals surface area (Å²) in [4.78, 5) is 9.99. The third-order valence-electron chi connectivity index (χ3n) is 5.88. The van der Waals surface area contributed by atoms with Gasteiger partial charge in [-0.2, -0.15) is 0 Å². The van der Waals surface area contributed by atoms with Crippen LogP contribution in [0.15, 0.2) is 36.4 Å². The second-order valence-corrected chi connectivity index (χ2v) is 7.94. The molecule has 0 spiro atoms.